The Hall–Kier alpha value is -2.77. The van der Waals surface area contributed by atoms with Crippen LogP contribution in [0.4, 0.5) is 16.2 Å². The van der Waals surface area contributed by atoms with E-state index in [1.165, 1.54) is 25.1 Å². The SMILES string of the molecule is Cc1cc(N2CCCC2)nc(N2CCN(C(=O)c3ccncc3F)CC2)n1. The molecule has 2 aliphatic heterocycles. The molecule has 0 atom stereocenters. The first-order valence-corrected chi connectivity index (χ1v) is 9.36. The number of aromatic nitrogens is 3. The molecule has 2 saturated heterocycles. The molecular formula is C19H23FN6O. The summed E-state index contributed by atoms with van der Waals surface area (Å²) in [5.41, 5.74) is 1.01. The zero-order valence-corrected chi connectivity index (χ0v) is 15.4. The summed E-state index contributed by atoms with van der Waals surface area (Å²) in [6.45, 7) is 6.33. The summed E-state index contributed by atoms with van der Waals surface area (Å²) < 4.78 is 13.8. The third-order valence-corrected chi connectivity index (χ3v) is 5.11. The van der Waals surface area contributed by atoms with Gasteiger partial charge in [-0.1, -0.05) is 0 Å². The molecule has 0 saturated carbocycles. The molecule has 1 amide bonds. The predicted molar refractivity (Wildman–Crippen MR) is 101 cm³/mol. The highest BCUT2D eigenvalue weighted by atomic mass is 19.1. The number of hydrogen-bond donors (Lipinski definition) is 0. The van der Waals surface area contributed by atoms with Crippen molar-refractivity contribution in [2.24, 2.45) is 0 Å². The number of pyridine rings is 1. The van der Waals surface area contributed by atoms with Gasteiger partial charge in [0.2, 0.25) is 5.95 Å². The summed E-state index contributed by atoms with van der Waals surface area (Å²) in [5.74, 6) is 0.811. The second-order valence-electron chi connectivity index (χ2n) is 7.00. The molecule has 2 aromatic rings. The molecule has 0 unspecified atom stereocenters. The van der Waals surface area contributed by atoms with Gasteiger partial charge in [0.15, 0.2) is 5.82 Å². The van der Waals surface area contributed by atoms with Gasteiger partial charge >= 0.3 is 0 Å². The number of rotatable bonds is 3. The van der Waals surface area contributed by atoms with Crippen molar-refractivity contribution >= 4 is 17.7 Å². The van der Waals surface area contributed by atoms with Gasteiger partial charge in [-0.25, -0.2) is 9.37 Å². The van der Waals surface area contributed by atoms with Crippen molar-refractivity contribution in [1.82, 2.24) is 19.9 Å². The molecule has 0 bridgehead atoms. The summed E-state index contributed by atoms with van der Waals surface area (Å²) in [5, 5.41) is 0. The Labute approximate surface area is 157 Å². The highest BCUT2D eigenvalue weighted by Crippen LogP contribution is 2.22. The van der Waals surface area contributed by atoms with Gasteiger partial charge in [0.1, 0.15) is 5.82 Å². The van der Waals surface area contributed by atoms with Crippen molar-refractivity contribution < 1.29 is 9.18 Å². The lowest BCUT2D eigenvalue weighted by atomic mass is 10.2. The van der Waals surface area contributed by atoms with Crippen LogP contribution in [0.15, 0.2) is 24.5 Å². The van der Waals surface area contributed by atoms with Crippen LogP contribution in [0.1, 0.15) is 28.9 Å². The van der Waals surface area contributed by atoms with Gasteiger partial charge in [0, 0.05) is 57.2 Å². The smallest absolute Gasteiger partial charge is 0.257 e. The van der Waals surface area contributed by atoms with Crippen LogP contribution in [0, 0.1) is 12.7 Å². The first-order chi connectivity index (χ1) is 13.1. The monoisotopic (exact) mass is 370 g/mol. The lowest BCUT2D eigenvalue weighted by Crippen LogP contribution is -2.49. The Balaban J connectivity index is 1.45. The number of halogens is 1. The standard InChI is InChI=1S/C19H23FN6O/c1-14-12-17(24-6-2-3-7-24)23-19(22-14)26-10-8-25(9-11-26)18(27)15-4-5-21-13-16(15)20/h4-5,12-13H,2-3,6-11H2,1H3. The zero-order valence-electron chi connectivity index (χ0n) is 15.4. The van der Waals surface area contributed by atoms with Crippen molar-refractivity contribution in [3.05, 3.63) is 41.6 Å². The number of piperazine rings is 1. The minimum absolute atomic E-state index is 0.0709. The lowest BCUT2D eigenvalue weighted by molar-refractivity contribution is 0.0741. The lowest BCUT2D eigenvalue weighted by Gasteiger charge is -2.35. The average Bonchev–Trinajstić information content (AvgIpc) is 3.22. The van der Waals surface area contributed by atoms with E-state index in [2.05, 4.69) is 19.8 Å². The normalized spacial score (nSPS) is 17.5. The number of carbonyl (C=O) groups excluding carboxylic acids is 1. The minimum atomic E-state index is -0.581. The quantitative estimate of drug-likeness (QED) is 0.822. The van der Waals surface area contributed by atoms with E-state index in [1.807, 2.05) is 13.0 Å². The molecule has 27 heavy (non-hydrogen) atoms. The van der Waals surface area contributed by atoms with Crippen LogP contribution in [0.25, 0.3) is 0 Å². The molecule has 0 spiro atoms. The summed E-state index contributed by atoms with van der Waals surface area (Å²) >= 11 is 0. The van der Waals surface area contributed by atoms with E-state index >= 15 is 0 Å². The number of amides is 1. The average molecular weight is 370 g/mol. The number of anilines is 2. The Bertz CT molecular complexity index is 831. The van der Waals surface area contributed by atoms with Crippen LogP contribution in [0.3, 0.4) is 0 Å². The largest absolute Gasteiger partial charge is 0.356 e. The van der Waals surface area contributed by atoms with E-state index in [0.717, 1.165) is 30.8 Å². The number of nitrogens with zero attached hydrogens (tertiary/aromatic N) is 6. The Morgan fingerprint density at radius 2 is 1.78 bits per heavy atom. The summed E-state index contributed by atoms with van der Waals surface area (Å²) in [7, 11) is 0. The zero-order chi connectivity index (χ0) is 18.8. The van der Waals surface area contributed by atoms with Crippen molar-refractivity contribution in [1.29, 1.82) is 0 Å². The molecule has 8 heteroatoms. The van der Waals surface area contributed by atoms with Crippen LogP contribution in [-0.4, -0.2) is 65.0 Å². The topological polar surface area (TPSA) is 65.5 Å². The molecule has 0 aliphatic carbocycles. The third kappa shape index (κ3) is 3.70. The van der Waals surface area contributed by atoms with Crippen molar-refractivity contribution in [2.45, 2.75) is 19.8 Å². The Morgan fingerprint density at radius 3 is 2.48 bits per heavy atom. The summed E-state index contributed by atoms with van der Waals surface area (Å²) in [6, 6.07) is 3.46. The van der Waals surface area contributed by atoms with E-state index in [1.54, 1.807) is 4.90 Å². The van der Waals surface area contributed by atoms with Crippen LogP contribution < -0.4 is 9.80 Å². The highest BCUT2D eigenvalue weighted by molar-refractivity contribution is 5.94. The first-order valence-electron chi connectivity index (χ1n) is 9.36. The van der Waals surface area contributed by atoms with Crippen LogP contribution in [0.2, 0.25) is 0 Å². The third-order valence-electron chi connectivity index (χ3n) is 5.11. The van der Waals surface area contributed by atoms with Gasteiger partial charge in [-0.05, 0) is 25.8 Å². The van der Waals surface area contributed by atoms with Gasteiger partial charge in [-0.3, -0.25) is 9.78 Å². The summed E-state index contributed by atoms with van der Waals surface area (Å²) in [4.78, 5) is 31.6. The van der Waals surface area contributed by atoms with E-state index in [-0.39, 0.29) is 11.5 Å². The van der Waals surface area contributed by atoms with E-state index < -0.39 is 5.82 Å². The summed E-state index contributed by atoms with van der Waals surface area (Å²) in [6.07, 6.45) is 4.91. The highest BCUT2D eigenvalue weighted by Gasteiger charge is 2.26. The molecule has 4 rings (SSSR count). The maximum Gasteiger partial charge on any atom is 0.257 e. The van der Waals surface area contributed by atoms with Crippen molar-refractivity contribution in [3.63, 3.8) is 0 Å². The molecule has 0 aromatic carbocycles. The number of aryl methyl sites for hydroxylation is 1. The Morgan fingerprint density at radius 1 is 1.04 bits per heavy atom. The fraction of sp³-hybridized carbons (Fsp3) is 0.474. The maximum absolute atomic E-state index is 13.8. The van der Waals surface area contributed by atoms with Gasteiger partial charge in [0.05, 0.1) is 11.8 Å². The van der Waals surface area contributed by atoms with E-state index in [9.17, 15) is 9.18 Å². The van der Waals surface area contributed by atoms with Gasteiger partial charge < -0.3 is 14.7 Å². The van der Waals surface area contributed by atoms with Gasteiger partial charge in [0.25, 0.3) is 5.91 Å². The second-order valence-corrected chi connectivity index (χ2v) is 7.00. The second kappa shape index (κ2) is 7.46. The van der Waals surface area contributed by atoms with Crippen LogP contribution >= 0.6 is 0 Å². The molecule has 0 radical (unpaired) electrons. The molecule has 142 valence electrons. The molecule has 2 fully saturated rings. The number of carbonyl (C=O) groups is 1. The van der Waals surface area contributed by atoms with E-state index in [4.69, 9.17) is 4.98 Å². The fourth-order valence-corrected chi connectivity index (χ4v) is 3.61. The molecular weight excluding hydrogens is 347 g/mol. The van der Waals surface area contributed by atoms with Gasteiger partial charge in [-0.15, -0.1) is 0 Å². The number of hydrogen-bond acceptors (Lipinski definition) is 6. The van der Waals surface area contributed by atoms with Gasteiger partial charge in [-0.2, -0.15) is 4.98 Å². The molecule has 2 aliphatic rings. The van der Waals surface area contributed by atoms with E-state index in [0.29, 0.717) is 32.1 Å². The Kier molecular flexibility index (Phi) is 4.87. The predicted octanol–water partition coefficient (Wildman–Crippen LogP) is 1.88. The van der Waals surface area contributed by atoms with Crippen molar-refractivity contribution in [2.75, 3.05) is 49.1 Å². The fourth-order valence-electron chi connectivity index (χ4n) is 3.61. The minimum Gasteiger partial charge on any atom is -0.356 e. The van der Waals surface area contributed by atoms with Crippen LogP contribution in [-0.2, 0) is 0 Å². The molecule has 4 heterocycles. The molecule has 2 aromatic heterocycles. The molecule has 0 N–H and O–H groups in total. The molecule has 7 nitrogen and oxygen atoms in total. The van der Waals surface area contributed by atoms with Crippen LogP contribution in [0.5, 0.6) is 0 Å². The maximum atomic E-state index is 13.8. The first kappa shape index (κ1) is 17.6. The van der Waals surface area contributed by atoms with Crippen molar-refractivity contribution in [3.8, 4) is 0 Å².